The van der Waals surface area contributed by atoms with Crippen molar-refractivity contribution in [3.8, 4) is 5.75 Å². The quantitative estimate of drug-likeness (QED) is 0.741. The third kappa shape index (κ3) is 5.06. The molecule has 2 aromatic rings. The summed E-state index contributed by atoms with van der Waals surface area (Å²) in [5, 5.41) is 3.10. The van der Waals surface area contributed by atoms with Gasteiger partial charge in [-0.2, -0.15) is 0 Å². The van der Waals surface area contributed by atoms with E-state index in [1.54, 1.807) is 24.1 Å². The van der Waals surface area contributed by atoms with Crippen molar-refractivity contribution in [2.45, 2.75) is 18.9 Å². The summed E-state index contributed by atoms with van der Waals surface area (Å²) in [5.74, 6) is 0.784. The number of nitrogens with zero attached hydrogens (tertiary/aromatic N) is 2. The second-order valence-corrected chi connectivity index (χ2v) is 7.85. The van der Waals surface area contributed by atoms with Crippen LogP contribution in [0.5, 0.6) is 5.75 Å². The molecular formula is C24H29N3O4. The third-order valence-electron chi connectivity index (χ3n) is 5.94. The zero-order valence-corrected chi connectivity index (χ0v) is 17.9. The van der Waals surface area contributed by atoms with E-state index in [2.05, 4.69) is 10.2 Å². The molecule has 0 saturated carbocycles. The van der Waals surface area contributed by atoms with E-state index in [1.807, 2.05) is 36.4 Å². The molecular weight excluding hydrogens is 394 g/mol. The van der Waals surface area contributed by atoms with Crippen LogP contribution in [0.3, 0.4) is 0 Å². The fourth-order valence-corrected chi connectivity index (χ4v) is 4.20. The molecule has 0 aliphatic carbocycles. The second-order valence-electron chi connectivity index (χ2n) is 7.85. The van der Waals surface area contributed by atoms with Gasteiger partial charge in [-0.15, -0.1) is 0 Å². The highest BCUT2D eigenvalue weighted by Gasteiger charge is 2.25. The second kappa shape index (κ2) is 9.94. The maximum Gasteiger partial charge on any atom is 0.251 e. The lowest BCUT2D eigenvalue weighted by Crippen LogP contribution is -2.43. The van der Waals surface area contributed by atoms with Crippen LogP contribution in [0.2, 0.25) is 0 Å². The maximum atomic E-state index is 12.9. The van der Waals surface area contributed by atoms with Crippen molar-refractivity contribution in [2.75, 3.05) is 51.4 Å². The number of rotatable bonds is 7. The summed E-state index contributed by atoms with van der Waals surface area (Å²) < 4.78 is 10.8. The van der Waals surface area contributed by atoms with Crippen LogP contribution in [0.25, 0.3) is 0 Å². The van der Waals surface area contributed by atoms with Gasteiger partial charge < -0.3 is 19.7 Å². The van der Waals surface area contributed by atoms with Crippen LogP contribution >= 0.6 is 0 Å². The van der Waals surface area contributed by atoms with Gasteiger partial charge in [-0.1, -0.05) is 18.2 Å². The van der Waals surface area contributed by atoms with E-state index < -0.39 is 0 Å². The Morgan fingerprint density at radius 1 is 1.13 bits per heavy atom. The SMILES string of the molecule is COc1ccc(C(CNC(=O)c2cccc(N3CCCC3=O)c2)N2CCOCC2)cc1. The molecule has 0 bridgehead atoms. The standard InChI is InChI=1S/C24H29N3O4/c1-30-21-9-7-18(8-10-21)22(26-12-14-31-15-13-26)17-25-24(29)19-4-2-5-20(16-19)27-11-3-6-23(27)28/h2,4-5,7-10,16,22H,3,6,11-15,17H2,1H3,(H,25,29). The number of hydrogen-bond acceptors (Lipinski definition) is 5. The Bertz CT molecular complexity index is 909. The minimum atomic E-state index is -0.139. The fourth-order valence-electron chi connectivity index (χ4n) is 4.20. The number of ether oxygens (including phenoxy) is 2. The molecule has 4 rings (SSSR count). The maximum absolute atomic E-state index is 12.9. The molecule has 0 radical (unpaired) electrons. The minimum absolute atomic E-state index is 0.0436. The lowest BCUT2D eigenvalue weighted by atomic mass is 10.0. The van der Waals surface area contributed by atoms with E-state index in [4.69, 9.17) is 9.47 Å². The van der Waals surface area contributed by atoms with E-state index >= 15 is 0 Å². The van der Waals surface area contributed by atoms with Crippen molar-refractivity contribution in [2.24, 2.45) is 0 Å². The molecule has 2 amide bonds. The molecule has 0 spiro atoms. The molecule has 1 atom stereocenters. The van der Waals surface area contributed by atoms with E-state index in [0.717, 1.165) is 36.5 Å². The Labute approximate surface area is 182 Å². The lowest BCUT2D eigenvalue weighted by molar-refractivity contribution is -0.117. The number of nitrogens with one attached hydrogen (secondary N) is 1. The Morgan fingerprint density at radius 2 is 1.90 bits per heavy atom. The number of morpholine rings is 1. The van der Waals surface area contributed by atoms with Gasteiger partial charge in [0.2, 0.25) is 5.91 Å². The highest BCUT2D eigenvalue weighted by atomic mass is 16.5. The van der Waals surface area contributed by atoms with E-state index in [-0.39, 0.29) is 17.9 Å². The predicted molar refractivity (Wildman–Crippen MR) is 118 cm³/mol. The normalized spacial score (nSPS) is 18.1. The van der Waals surface area contributed by atoms with Crippen LogP contribution < -0.4 is 15.0 Å². The van der Waals surface area contributed by atoms with Crippen molar-refractivity contribution in [1.82, 2.24) is 10.2 Å². The molecule has 2 aliphatic rings. The molecule has 1 N–H and O–H groups in total. The minimum Gasteiger partial charge on any atom is -0.497 e. The Kier molecular flexibility index (Phi) is 6.84. The largest absolute Gasteiger partial charge is 0.497 e. The van der Waals surface area contributed by atoms with Gasteiger partial charge in [0.25, 0.3) is 5.91 Å². The highest BCUT2D eigenvalue weighted by molar-refractivity contribution is 5.99. The summed E-state index contributed by atoms with van der Waals surface area (Å²) >= 11 is 0. The Balaban J connectivity index is 1.47. The first-order valence-electron chi connectivity index (χ1n) is 10.8. The smallest absolute Gasteiger partial charge is 0.251 e. The van der Waals surface area contributed by atoms with Gasteiger partial charge in [-0.3, -0.25) is 14.5 Å². The van der Waals surface area contributed by atoms with Crippen molar-refractivity contribution >= 4 is 17.5 Å². The van der Waals surface area contributed by atoms with Crippen molar-refractivity contribution in [1.29, 1.82) is 0 Å². The molecule has 7 heteroatoms. The molecule has 7 nitrogen and oxygen atoms in total. The predicted octanol–water partition coefficient (Wildman–Crippen LogP) is 2.63. The van der Waals surface area contributed by atoms with E-state index in [0.29, 0.717) is 38.3 Å². The van der Waals surface area contributed by atoms with E-state index in [1.165, 1.54) is 0 Å². The zero-order valence-electron chi connectivity index (χ0n) is 17.9. The number of carbonyl (C=O) groups excluding carboxylic acids is 2. The Morgan fingerprint density at radius 3 is 2.58 bits per heavy atom. The number of amides is 2. The van der Waals surface area contributed by atoms with E-state index in [9.17, 15) is 9.59 Å². The van der Waals surface area contributed by atoms with Crippen LogP contribution in [0.4, 0.5) is 5.69 Å². The lowest BCUT2D eigenvalue weighted by Gasteiger charge is -2.35. The topological polar surface area (TPSA) is 71.1 Å². The monoisotopic (exact) mass is 423 g/mol. The third-order valence-corrected chi connectivity index (χ3v) is 5.94. The number of benzene rings is 2. The molecule has 2 fully saturated rings. The van der Waals surface area contributed by atoms with Gasteiger partial charge >= 0.3 is 0 Å². The van der Waals surface area contributed by atoms with Crippen LogP contribution in [-0.4, -0.2) is 63.2 Å². The van der Waals surface area contributed by atoms with Crippen LogP contribution in [-0.2, 0) is 9.53 Å². The zero-order chi connectivity index (χ0) is 21.6. The average Bonchev–Trinajstić information content (AvgIpc) is 3.26. The summed E-state index contributed by atoms with van der Waals surface area (Å²) in [6, 6.07) is 15.3. The van der Waals surface area contributed by atoms with Crippen LogP contribution in [0.1, 0.15) is 34.8 Å². The molecule has 164 valence electrons. The molecule has 1 unspecified atom stereocenters. The van der Waals surface area contributed by atoms with Crippen LogP contribution in [0, 0.1) is 0 Å². The van der Waals surface area contributed by atoms with Crippen molar-refractivity contribution in [3.63, 3.8) is 0 Å². The molecule has 31 heavy (non-hydrogen) atoms. The molecule has 2 saturated heterocycles. The first-order chi connectivity index (χ1) is 15.2. The fraction of sp³-hybridized carbons (Fsp3) is 0.417. The van der Waals surface area contributed by atoms with Gasteiger partial charge in [-0.05, 0) is 42.3 Å². The van der Waals surface area contributed by atoms with Gasteiger partial charge in [0.05, 0.1) is 26.4 Å². The Hall–Kier alpha value is -2.90. The summed E-state index contributed by atoms with van der Waals surface area (Å²) in [7, 11) is 1.65. The number of methoxy groups -OCH3 is 1. The van der Waals surface area contributed by atoms with Crippen molar-refractivity contribution in [3.05, 3.63) is 59.7 Å². The van der Waals surface area contributed by atoms with Gasteiger partial charge in [-0.25, -0.2) is 0 Å². The summed E-state index contributed by atoms with van der Waals surface area (Å²) in [4.78, 5) is 29.1. The molecule has 0 aromatic heterocycles. The summed E-state index contributed by atoms with van der Waals surface area (Å²) in [6.07, 6.45) is 1.43. The highest BCUT2D eigenvalue weighted by Crippen LogP contribution is 2.25. The van der Waals surface area contributed by atoms with Gasteiger partial charge in [0.1, 0.15) is 5.75 Å². The first-order valence-corrected chi connectivity index (χ1v) is 10.8. The van der Waals surface area contributed by atoms with Crippen LogP contribution in [0.15, 0.2) is 48.5 Å². The molecule has 2 aliphatic heterocycles. The summed E-state index contributed by atoms with van der Waals surface area (Å²) in [6.45, 7) is 4.20. The average molecular weight is 424 g/mol. The molecule has 2 heterocycles. The van der Waals surface area contributed by atoms with Crippen molar-refractivity contribution < 1.29 is 19.1 Å². The first kappa shape index (κ1) is 21.3. The number of hydrogen-bond donors (Lipinski definition) is 1. The number of anilines is 1. The van der Waals surface area contributed by atoms with Gasteiger partial charge in [0, 0.05) is 43.9 Å². The molecule has 2 aromatic carbocycles. The van der Waals surface area contributed by atoms with Gasteiger partial charge in [0.15, 0.2) is 0 Å². The number of carbonyl (C=O) groups is 2. The summed E-state index contributed by atoms with van der Waals surface area (Å²) in [5.41, 5.74) is 2.47.